The van der Waals surface area contributed by atoms with Gasteiger partial charge in [-0.05, 0) is 25.1 Å². The minimum absolute atomic E-state index is 0.197. The smallest absolute Gasteiger partial charge is 0.236 e. The van der Waals surface area contributed by atoms with E-state index < -0.39 is 0 Å². The number of pyridine rings is 1. The van der Waals surface area contributed by atoms with E-state index in [1.165, 1.54) is 6.42 Å². The van der Waals surface area contributed by atoms with Crippen LogP contribution in [0.25, 0.3) is 0 Å². The Hall–Kier alpha value is -1.62. The van der Waals surface area contributed by atoms with Gasteiger partial charge < -0.3 is 9.80 Å². The third kappa shape index (κ3) is 2.50. The van der Waals surface area contributed by atoms with Gasteiger partial charge in [0.25, 0.3) is 0 Å². The molecule has 2 aliphatic rings. The molecule has 3 heterocycles. The molecule has 0 saturated carbocycles. The van der Waals surface area contributed by atoms with Gasteiger partial charge in [-0.15, -0.1) is 0 Å². The molecule has 1 aromatic heterocycles. The number of carbonyl (C=O) groups is 1. The maximum absolute atomic E-state index is 11.8. The molecule has 0 atom stereocenters. The lowest BCUT2D eigenvalue weighted by molar-refractivity contribution is -0.129. The van der Waals surface area contributed by atoms with E-state index in [0.717, 1.165) is 32.0 Å². The molecule has 0 aromatic carbocycles. The van der Waals surface area contributed by atoms with E-state index in [9.17, 15) is 4.79 Å². The Bertz CT molecular complexity index is 482. The van der Waals surface area contributed by atoms with Crippen LogP contribution in [0, 0.1) is 5.41 Å². The SMILES string of the molecule is CN(C)C(=O)CN1CCC2(C1)CN(c1ccccn1)C2. The quantitative estimate of drug-likeness (QED) is 0.813. The third-order valence-corrected chi connectivity index (χ3v) is 4.40. The predicted octanol–water partition coefficient (Wildman–Crippen LogP) is 0.682. The number of anilines is 1. The van der Waals surface area contributed by atoms with Crippen molar-refractivity contribution in [3.05, 3.63) is 24.4 Å². The molecule has 5 nitrogen and oxygen atoms in total. The maximum Gasteiger partial charge on any atom is 0.236 e. The van der Waals surface area contributed by atoms with E-state index in [0.29, 0.717) is 12.0 Å². The van der Waals surface area contributed by atoms with Crippen LogP contribution in [0.3, 0.4) is 0 Å². The molecule has 2 aliphatic heterocycles. The maximum atomic E-state index is 11.8. The molecule has 1 amide bonds. The van der Waals surface area contributed by atoms with Crippen LogP contribution in [0.1, 0.15) is 6.42 Å². The summed E-state index contributed by atoms with van der Waals surface area (Å²) in [5.41, 5.74) is 0.379. The van der Waals surface area contributed by atoms with Crippen LogP contribution in [-0.2, 0) is 4.79 Å². The first-order chi connectivity index (χ1) is 9.58. The van der Waals surface area contributed by atoms with E-state index in [-0.39, 0.29) is 5.91 Å². The average Bonchev–Trinajstić information content (AvgIpc) is 2.82. The van der Waals surface area contributed by atoms with E-state index in [4.69, 9.17) is 0 Å². The molecule has 0 radical (unpaired) electrons. The number of likely N-dealkylation sites (N-methyl/N-ethyl adjacent to an activating group) is 1. The highest BCUT2D eigenvalue weighted by molar-refractivity contribution is 5.77. The van der Waals surface area contributed by atoms with Gasteiger partial charge in [0, 0.05) is 45.3 Å². The van der Waals surface area contributed by atoms with Crippen molar-refractivity contribution in [2.45, 2.75) is 6.42 Å². The standard InChI is InChI=1S/C15H22N4O/c1-17(2)14(20)9-18-8-6-15(10-18)11-19(12-15)13-5-3-4-7-16-13/h3-5,7H,6,8-12H2,1-2H3. The highest BCUT2D eigenvalue weighted by Gasteiger charge is 2.48. The lowest BCUT2D eigenvalue weighted by atomic mass is 9.79. The Morgan fingerprint density at radius 1 is 1.35 bits per heavy atom. The van der Waals surface area contributed by atoms with Crippen LogP contribution < -0.4 is 4.90 Å². The summed E-state index contributed by atoms with van der Waals surface area (Å²) in [5, 5.41) is 0. The van der Waals surface area contributed by atoms with Gasteiger partial charge in [0.2, 0.25) is 5.91 Å². The number of rotatable bonds is 3. The largest absolute Gasteiger partial charge is 0.355 e. The molecule has 0 unspecified atom stereocenters. The predicted molar refractivity (Wildman–Crippen MR) is 78.6 cm³/mol. The molecule has 1 spiro atoms. The molecule has 2 saturated heterocycles. The highest BCUT2D eigenvalue weighted by Crippen LogP contribution is 2.40. The summed E-state index contributed by atoms with van der Waals surface area (Å²) >= 11 is 0. The summed E-state index contributed by atoms with van der Waals surface area (Å²) in [7, 11) is 3.64. The molecule has 108 valence electrons. The van der Waals surface area contributed by atoms with E-state index in [2.05, 4.69) is 20.9 Å². The average molecular weight is 274 g/mol. The second kappa shape index (κ2) is 5.05. The topological polar surface area (TPSA) is 39.7 Å². The van der Waals surface area contributed by atoms with Gasteiger partial charge in [0.1, 0.15) is 5.82 Å². The van der Waals surface area contributed by atoms with Crippen molar-refractivity contribution < 1.29 is 4.79 Å². The van der Waals surface area contributed by atoms with Gasteiger partial charge >= 0.3 is 0 Å². The summed E-state index contributed by atoms with van der Waals surface area (Å²) in [6.45, 7) is 4.76. The minimum atomic E-state index is 0.197. The molecule has 2 fully saturated rings. The first-order valence-corrected chi connectivity index (χ1v) is 7.17. The molecule has 20 heavy (non-hydrogen) atoms. The van der Waals surface area contributed by atoms with Crippen LogP contribution in [0.2, 0.25) is 0 Å². The summed E-state index contributed by atoms with van der Waals surface area (Å²) in [5.74, 6) is 1.27. The number of amides is 1. The van der Waals surface area contributed by atoms with Gasteiger partial charge in [-0.1, -0.05) is 6.07 Å². The fraction of sp³-hybridized carbons (Fsp3) is 0.600. The monoisotopic (exact) mass is 274 g/mol. The summed E-state index contributed by atoms with van der Waals surface area (Å²) in [6, 6.07) is 6.04. The minimum Gasteiger partial charge on any atom is -0.355 e. The van der Waals surface area contributed by atoms with Crippen LogP contribution in [0.5, 0.6) is 0 Å². The molecule has 0 bridgehead atoms. The van der Waals surface area contributed by atoms with Gasteiger partial charge in [-0.2, -0.15) is 0 Å². The van der Waals surface area contributed by atoms with Crippen molar-refractivity contribution in [2.24, 2.45) is 5.41 Å². The van der Waals surface area contributed by atoms with Crippen molar-refractivity contribution in [1.82, 2.24) is 14.8 Å². The van der Waals surface area contributed by atoms with Crippen LogP contribution in [-0.4, -0.2) is 67.5 Å². The Morgan fingerprint density at radius 2 is 2.15 bits per heavy atom. The normalized spacial score (nSPS) is 21.0. The van der Waals surface area contributed by atoms with Crippen molar-refractivity contribution in [2.75, 3.05) is 51.7 Å². The van der Waals surface area contributed by atoms with Crippen LogP contribution >= 0.6 is 0 Å². The Morgan fingerprint density at radius 3 is 2.80 bits per heavy atom. The van der Waals surface area contributed by atoms with Gasteiger partial charge in [-0.3, -0.25) is 9.69 Å². The van der Waals surface area contributed by atoms with E-state index >= 15 is 0 Å². The molecule has 5 heteroatoms. The molecular weight excluding hydrogens is 252 g/mol. The fourth-order valence-electron chi connectivity index (χ4n) is 3.22. The second-order valence-corrected chi connectivity index (χ2v) is 6.29. The van der Waals surface area contributed by atoms with Crippen molar-refractivity contribution in [3.8, 4) is 0 Å². The summed E-state index contributed by atoms with van der Waals surface area (Å²) in [4.78, 5) is 22.5. The molecule has 0 aliphatic carbocycles. The van der Waals surface area contributed by atoms with E-state index in [1.807, 2.05) is 32.4 Å². The van der Waals surface area contributed by atoms with E-state index in [1.54, 1.807) is 4.90 Å². The number of nitrogens with zero attached hydrogens (tertiary/aromatic N) is 4. The van der Waals surface area contributed by atoms with Crippen molar-refractivity contribution >= 4 is 11.7 Å². The fourth-order valence-corrected chi connectivity index (χ4v) is 3.22. The Labute approximate surface area is 120 Å². The lowest BCUT2D eigenvalue weighted by Crippen LogP contribution is -2.58. The molecular formula is C15H22N4O. The van der Waals surface area contributed by atoms with Crippen LogP contribution in [0.4, 0.5) is 5.82 Å². The zero-order valence-corrected chi connectivity index (χ0v) is 12.2. The highest BCUT2D eigenvalue weighted by atomic mass is 16.2. The van der Waals surface area contributed by atoms with Gasteiger partial charge in [0.05, 0.1) is 6.54 Å². The molecule has 0 N–H and O–H groups in total. The summed E-state index contributed by atoms with van der Waals surface area (Å²) < 4.78 is 0. The number of hydrogen-bond donors (Lipinski definition) is 0. The number of hydrogen-bond acceptors (Lipinski definition) is 4. The first kappa shape index (κ1) is 13.4. The molecule has 1 aromatic rings. The van der Waals surface area contributed by atoms with Gasteiger partial charge in [-0.25, -0.2) is 4.98 Å². The summed E-state index contributed by atoms with van der Waals surface area (Å²) in [6.07, 6.45) is 3.04. The number of aromatic nitrogens is 1. The number of carbonyl (C=O) groups excluding carboxylic acids is 1. The molecule has 3 rings (SSSR count). The zero-order valence-electron chi connectivity index (χ0n) is 12.2. The van der Waals surface area contributed by atoms with Gasteiger partial charge in [0.15, 0.2) is 0 Å². The first-order valence-electron chi connectivity index (χ1n) is 7.17. The van der Waals surface area contributed by atoms with Crippen LogP contribution in [0.15, 0.2) is 24.4 Å². The third-order valence-electron chi connectivity index (χ3n) is 4.40. The zero-order chi connectivity index (χ0) is 14.2. The Kier molecular flexibility index (Phi) is 3.38. The Balaban J connectivity index is 1.53. The number of likely N-dealkylation sites (tertiary alicyclic amines) is 1. The van der Waals surface area contributed by atoms with Crippen molar-refractivity contribution in [1.29, 1.82) is 0 Å². The van der Waals surface area contributed by atoms with Crippen molar-refractivity contribution in [3.63, 3.8) is 0 Å². The second-order valence-electron chi connectivity index (χ2n) is 6.29. The lowest BCUT2D eigenvalue weighted by Gasteiger charge is -2.48.